The lowest BCUT2D eigenvalue weighted by molar-refractivity contribution is 0.102. The van der Waals surface area contributed by atoms with E-state index in [4.69, 9.17) is 0 Å². The summed E-state index contributed by atoms with van der Waals surface area (Å²) in [5, 5.41) is 2.82. The summed E-state index contributed by atoms with van der Waals surface area (Å²) >= 11 is 6.34. The van der Waals surface area contributed by atoms with Gasteiger partial charge in [-0.05, 0) is 58.9 Å². The molecule has 0 saturated heterocycles. The van der Waals surface area contributed by atoms with Crippen LogP contribution < -0.4 is 0 Å². The number of aromatic nitrogens is 1. The molecule has 0 N–H and O–H groups in total. The molecule has 0 aromatic carbocycles. The number of hydrogen-bond acceptors (Lipinski definition) is 4. The minimum atomic E-state index is 0.142. The van der Waals surface area contributed by atoms with Gasteiger partial charge >= 0.3 is 0 Å². The van der Waals surface area contributed by atoms with E-state index in [1.54, 1.807) is 0 Å². The van der Waals surface area contributed by atoms with Crippen molar-refractivity contribution in [2.24, 2.45) is 0 Å². The van der Waals surface area contributed by atoms with Gasteiger partial charge in [0.25, 0.3) is 0 Å². The van der Waals surface area contributed by atoms with Crippen LogP contribution in [-0.4, -0.2) is 16.5 Å². The smallest absolute Gasteiger partial charge is 0.184 e. The van der Waals surface area contributed by atoms with E-state index in [1.165, 1.54) is 28.7 Å². The summed E-state index contributed by atoms with van der Waals surface area (Å²) in [6.07, 6.45) is 0. The van der Waals surface area contributed by atoms with Gasteiger partial charge in [-0.25, -0.2) is 4.98 Å². The molecule has 2 aromatic rings. The molecule has 0 aliphatic rings. The Morgan fingerprint density at radius 2 is 2.22 bits per heavy atom. The molecule has 0 saturated carbocycles. The Morgan fingerprint density at radius 3 is 2.83 bits per heavy atom. The second-order valence-electron chi connectivity index (χ2n) is 3.93. The van der Waals surface area contributed by atoms with Gasteiger partial charge in [0.2, 0.25) is 0 Å². The fourth-order valence-electron chi connectivity index (χ4n) is 1.58. The third-order valence-electron chi connectivity index (χ3n) is 2.30. The predicted octanol–water partition coefficient (Wildman–Crippen LogP) is 4.50. The van der Waals surface area contributed by atoms with Crippen LogP contribution >= 0.6 is 39.0 Å². The predicted molar refractivity (Wildman–Crippen MR) is 80.8 cm³/mol. The van der Waals surface area contributed by atoms with Crippen LogP contribution in [0.1, 0.15) is 20.9 Å². The zero-order chi connectivity index (χ0) is 13.1. The molecule has 0 amide bonds. The van der Waals surface area contributed by atoms with Gasteiger partial charge in [0.1, 0.15) is 0 Å². The summed E-state index contributed by atoms with van der Waals surface area (Å²) in [5.74, 6) is 0.567. The molecule has 0 aliphatic carbocycles. The topological polar surface area (TPSA) is 30.0 Å². The first-order valence-corrected chi connectivity index (χ1v) is 8.06. The molecule has 0 unspecified atom stereocenters. The standard InChI is InChI=1S/C13H12BrNOS2/c1-8-5-9(2)15-12(6-8)18-7-11(16)13-10(14)3-4-17-13/h3-6H,7H2,1-2H3. The van der Waals surface area contributed by atoms with Gasteiger partial charge in [-0.1, -0.05) is 11.8 Å². The maximum absolute atomic E-state index is 12.0. The molecule has 2 aromatic heterocycles. The van der Waals surface area contributed by atoms with Crippen molar-refractivity contribution in [3.8, 4) is 0 Å². The molecule has 94 valence electrons. The molecule has 0 atom stereocenters. The first-order chi connectivity index (χ1) is 8.56. The van der Waals surface area contributed by atoms with E-state index in [2.05, 4.69) is 20.9 Å². The van der Waals surface area contributed by atoms with Crippen molar-refractivity contribution in [3.63, 3.8) is 0 Å². The number of carbonyl (C=O) groups excluding carboxylic acids is 1. The first kappa shape index (κ1) is 13.8. The Hall–Kier alpha value is -0.650. The van der Waals surface area contributed by atoms with Crippen molar-refractivity contribution in [3.05, 3.63) is 44.2 Å². The molecule has 0 aliphatic heterocycles. The maximum atomic E-state index is 12.0. The number of thiophene rings is 1. The number of Topliss-reactive ketones (excluding diaryl/α,β-unsaturated/α-hetero) is 1. The van der Waals surface area contributed by atoms with Crippen LogP contribution in [0, 0.1) is 13.8 Å². The van der Waals surface area contributed by atoms with E-state index in [1.807, 2.05) is 37.4 Å². The normalized spacial score (nSPS) is 10.6. The highest BCUT2D eigenvalue weighted by atomic mass is 79.9. The van der Waals surface area contributed by atoms with Gasteiger partial charge in [-0.3, -0.25) is 4.79 Å². The van der Waals surface area contributed by atoms with Gasteiger partial charge in [0, 0.05) is 10.2 Å². The van der Waals surface area contributed by atoms with Crippen LogP contribution in [0.2, 0.25) is 0 Å². The number of halogens is 1. The molecular weight excluding hydrogens is 330 g/mol. The lowest BCUT2D eigenvalue weighted by Gasteiger charge is -2.03. The number of rotatable bonds is 4. The lowest BCUT2D eigenvalue weighted by atomic mass is 10.3. The summed E-state index contributed by atoms with van der Waals surface area (Å²) in [6, 6.07) is 5.94. The summed E-state index contributed by atoms with van der Waals surface area (Å²) < 4.78 is 0.881. The monoisotopic (exact) mass is 341 g/mol. The molecule has 0 fully saturated rings. The van der Waals surface area contributed by atoms with Crippen LogP contribution in [-0.2, 0) is 0 Å². The van der Waals surface area contributed by atoms with Crippen LogP contribution in [0.15, 0.2) is 33.1 Å². The number of pyridine rings is 1. The minimum Gasteiger partial charge on any atom is -0.292 e. The highest BCUT2D eigenvalue weighted by Gasteiger charge is 2.12. The third-order valence-corrected chi connectivity index (χ3v) is 5.09. The van der Waals surface area contributed by atoms with Crippen molar-refractivity contribution in [1.29, 1.82) is 0 Å². The number of thioether (sulfide) groups is 1. The number of nitrogens with zero attached hydrogens (tertiary/aromatic N) is 1. The van der Waals surface area contributed by atoms with E-state index in [0.717, 1.165) is 20.1 Å². The van der Waals surface area contributed by atoms with Crippen LogP contribution in [0.4, 0.5) is 0 Å². The van der Waals surface area contributed by atoms with Crippen LogP contribution in [0.5, 0.6) is 0 Å². The number of aryl methyl sites for hydroxylation is 2. The zero-order valence-corrected chi connectivity index (χ0v) is 13.3. The average Bonchev–Trinajstić information content (AvgIpc) is 2.71. The summed E-state index contributed by atoms with van der Waals surface area (Å²) in [7, 11) is 0. The second kappa shape index (κ2) is 5.99. The van der Waals surface area contributed by atoms with E-state index < -0.39 is 0 Å². The van der Waals surface area contributed by atoms with E-state index in [0.29, 0.717) is 5.75 Å². The molecule has 5 heteroatoms. The van der Waals surface area contributed by atoms with Crippen molar-refractivity contribution < 1.29 is 4.79 Å². The molecule has 0 bridgehead atoms. The molecular formula is C13H12BrNOS2. The van der Waals surface area contributed by atoms with Crippen molar-refractivity contribution in [1.82, 2.24) is 4.98 Å². The average molecular weight is 342 g/mol. The van der Waals surface area contributed by atoms with Crippen molar-refractivity contribution in [2.45, 2.75) is 18.9 Å². The summed E-state index contributed by atoms with van der Waals surface area (Å²) in [5.41, 5.74) is 2.16. The van der Waals surface area contributed by atoms with E-state index in [9.17, 15) is 4.79 Å². The highest BCUT2D eigenvalue weighted by molar-refractivity contribution is 9.10. The fourth-order valence-corrected chi connectivity index (χ4v) is 4.10. The molecule has 2 rings (SSSR count). The van der Waals surface area contributed by atoms with Crippen molar-refractivity contribution >= 4 is 44.8 Å². The zero-order valence-electron chi connectivity index (χ0n) is 10.1. The molecule has 18 heavy (non-hydrogen) atoms. The molecule has 2 nitrogen and oxygen atoms in total. The quantitative estimate of drug-likeness (QED) is 0.605. The maximum Gasteiger partial charge on any atom is 0.184 e. The number of hydrogen-bond donors (Lipinski definition) is 0. The number of carbonyl (C=O) groups is 1. The molecule has 2 heterocycles. The SMILES string of the molecule is Cc1cc(C)nc(SCC(=O)c2sccc2Br)c1. The van der Waals surface area contributed by atoms with E-state index >= 15 is 0 Å². The Morgan fingerprint density at radius 1 is 1.44 bits per heavy atom. The van der Waals surface area contributed by atoms with Gasteiger partial charge in [-0.15, -0.1) is 11.3 Å². The first-order valence-electron chi connectivity index (χ1n) is 5.40. The van der Waals surface area contributed by atoms with Crippen LogP contribution in [0.25, 0.3) is 0 Å². The third kappa shape index (κ3) is 3.43. The minimum absolute atomic E-state index is 0.142. The lowest BCUT2D eigenvalue weighted by Crippen LogP contribution is -2.01. The summed E-state index contributed by atoms with van der Waals surface area (Å²) in [6.45, 7) is 4.01. The van der Waals surface area contributed by atoms with Crippen molar-refractivity contribution in [2.75, 3.05) is 5.75 Å². The Kier molecular flexibility index (Phi) is 4.59. The molecule has 0 spiro atoms. The fraction of sp³-hybridized carbons (Fsp3) is 0.231. The highest BCUT2D eigenvalue weighted by Crippen LogP contribution is 2.26. The number of ketones is 1. The Labute approximate surface area is 123 Å². The van der Waals surface area contributed by atoms with Gasteiger partial charge in [0.15, 0.2) is 5.78 Å². The Bertz CT molecular complexity index is 560. The van der Waals surface area contributed by atoms with Gasteiger partial charge < -0.3 is 0 Å². The Balaban J connectivity index is 2.04. The van der Waals surface area contributed by atoms with Gasteiger partial charge in [-0.2, -0.15) is 0 Å². The van der Waals surface area contributed by atoms with E-state index in [-0.39, 0.29) is 5.78 Å². The summed E-state index contributed by atoms with van der Waals surface area (Å²) in [4.78, 5) is 17.2. The largest absolute Gasteiger partial charge is 0.292 e. The van der Waals surface area contributed by atoms with Crippen LogP contribution in [0.3, 0.4) is 0 Å². The van der Waals surface area contributed by atoms with Gasteiger partial charge in [0.05, 0.1) is 15.7 Å². The second-order valence-corrected chi connectivity index (χ2v) is 6.70. The molecule has 0 radical (unpaired) electrons.